The van der Waals surface area contributed by atoms with Gasteiger partial charge in [0.2, 0.25) is 0 Å². The molecule has 35 heavy (non-hydrogen) atoms. The zero-order chi connectivity index (χ0) is 25.1. The smallest absolute Gasteiger partial charge is 0.127 e. The van der Waals surface area contributed by atoms with Crippen molar-refractivity contribution in [2.24, 2.45) is 0 Å². The molecule has 0 bridgehead atoms. The van der Waals surface area contributed by atoms with E-state index in [-0.39, 0.29) is 11.0 Å². The molecule has 0 N–H and O–H groups in total. The molecular weight excluding hydrogens is 428 g/mol. The van der Waals surface area contributed by atoms with E-state index in [9.17, 15) is 0 Å². The van der Waals surface area contributed by atoms with E-state index in [0.717, 1.165) is 34.8 Å². The Kier molecular flexibility index (Phi) is 7.03. The Bertz CT molecular complexity index is 1220. The second-order valence-corrected chi connectivity index (χ2v) is 11.1. The first-order valence-electron chi connectivity index (χ1n) is 12.3. The first-order chi connectivity index (χ1) is 16.5. The van der Waals surface area contributed by atoms with E-state index < -0.39 is 0 Å². The van der Waals surface area contributed by atoms with Gasteiger partial charge in [-0.1, -0.05) is 81.4 Å². The van der Waals surface area contributed by atoms with E-state index in [1.54, 1.807) is 0 Å². The van der Waals surface area contributed by atoms with Crippen LogP contribution in [0.2, 0.25) is 0 Å². The molecule has 0 spiro atoms. The highest BCUT2D eigenvalue weighted by Gasteiger charge is 2.13. The second-order valence-electron chi connectivity index (χ2n) is 11.1. The molecule has 4 rings (SSSR count). The Hall–Kier alpha value is -3.52. The van der Waals surface area contributed by atoms with Gasteiger partial charge in [0.1, 0.15) is 22.8 Å². The van der Waals surface area contributed by atoms with Gasteiger partial charge in [0.15, 0.2) is 0 Å². The Balaban J connectivity index is 1.36. The SMILES string of the molecule is CC(C)(C)Oc1ccc(-c2ccc(Oc3ccc(Cc4ccc(C(C)(C)C)cc4)cc3)cc2)cc1. The van der Waals surface area contributed by atoms with E-state index in [1.165, 1.54) is 16.7 Å². The third kappa shape index (κ3) is 6.99. The van der Waals surface area contributed by atoms with Crippen LogP contribution >= 0.6 is 0 Å². The Morgan fingerprint density at radius 2 is 0.886 bits per heavy atom. The Morgan fingerprint density at radius 1 is 0.486 bits per heavy atom. The lowest BCUT2D eigenvalue weighted by molar-refractivity contribution is 0.131. The lowest BCUT2D eigenvalue weighted by Crippen LogP contribution is -2.22. The van der Waals surface area contributed by atoms with Crippen molar-refractivity contribution >= 4 is 0 Å². The fraction of sp³-hybridized carbons (Fsp3) is 0.273. The summed E-state index contributed by atoms with van der Waals surface area (Å²) in [4.78, 5) is 0. The standard InChI is InChI=1S/C33H36O2/c1-32(2,3)28-15-7-24(8-16-28)23-25-9-17-29(18-10-25)34-30-19-11-26(12-20-30)27-13-21-31(22-14-27)35-33(4,5)6/h7-22H,23H2,1-6H3. The van der Waals surface area contributed by atoms with Gasteiger partial charge in [-0.2, -0.15) is 0 Å². The Labute approximate surface area is 210 Å². The van der Waals surface area contributed by atoms with Crippen molar-refractivity contribution in [1.29, 1.82) is 0 Å². The summed E-state index contributed by atoms with van der Waals surface area (Å²) >= 11 is 0. The minimum atomic E-state index is -0.198. The molecule has 180 valence electrons. The van der Waals surface area contributed by atoms with Crippen LogP contribution in [0, 0.1) is 0 Å². The van der Waals surface area contributed by atoms with Crippen molar-refractivity contribution in [2.45, 2.75) is 59.0 Å². The van der Waals surface area contributed by atoms with Gasteiger partial charge in [0.25, 0.3) is 0 Å². The van der Waals surface area contributed by atoms with Gasteiger partial charge in [-0.15, -0.1) is 0 Å². The molecule has 2 heteroatoms. The quantitative estimate of drug-likeness (QED) is 0.283. The highest BCUT2D eigenvalue weighted by molar-refractivity contribution is 5.65. The molecule has 0 unspecified atom stereocenters. The lowest BCUT2D eigenvalue weighted by atomic mass is 9.86. The molecule has 0 saturated heterocycles. The molecular formula is C33H36O2. The van der Waals surface area contributed by atoms with Gasteiger partial charge in [-0.25, -0.2) is 0 Å². The van der Waals surface area contributed by atoms with Crippen LogP contribution < -0.4 is 9.47 Å². The minimum absolute atomic E-state index is 0.182. The average molecular weight is 465 g/mol. The van der Waals surface area contributed by atoms with Crippen LogP contribution in [0.4, 0.5) is 0 Å². The van der Waals surface area contributed by atoms with Crippen molar-refractivity contribution in [2.75, 3.05) is 0 Å². The molecule has 0 radical (unpaired) electrons. The van der Waals surface area contributed by atoms with Crippen molar-refractivity contribution in [1.82, 2.24) is 0 Å². The fourth-order valence-corrected chi connectivity index (χ4v) is 3.95. The number of hydrogen-bond acceptors (Lipinski definition) is 2. The molecule has 0 amide bonds. The first kappa shape index (κ1) is 24.6. The third-order valence-electron chi connectivity index (χ3n) is 5.85. The predicted octanol–water partition coefficient (Wildman–Crippen LogP) is 9.21. The van der Waals surface area contributed by atoms with Crippen molar-refractivity contribution in [3.05, 3.63) is 114 Å². The van der Waals surface area contributed by atoms with E-state index in [2.05, 4.69) is 102 Å². The zero-order valence-electron chi connectivity index (χ0n) is 21.8. The molecule has 0 aromatic heterocycles. The first-order valence-corrected chi connectivity index (χ1v) is 12.3. The molecule has 4 aromatic carbocycles. The maximum atomic E-state index is 6.08. The highest BCUT2D eigenvalue weighted by Crippen LogP contribution is 2.29. The largest absolute Gasteiger partial charge is 0.488 e. The van der Waals surface area contributed by atoms with Crippen molar-refractivity contribution < 1.29 is 9.47 Å². The summed E-state index contributed by atoms with van der Waals surface area (Å²) in [7, 11) is 0. The van der Waals surface area contributed by atoms with Gasteiger partial charge in [0.05, 0.1) is 0 Å². The van der Waals surface area contributed by atoms with Crippen LogP contribution in [0.15, 0.2) is 97.1 Å². The van der Waals surface area contributed by atoms with Crippen LogP contribution in [-0.2, 0) is 11.8 Å². The normalized spacial score (nSPS) is 11.8. The van der Waals surface area contributed by atoms with Gasteiger partial charge in [-0.05, 0) is 96.8 Å². The van der Waals surface area contributed by atoms with Gasteiger partial charge >= 0.3 is 0 Å². The molecule has 4 aromatic rings. The number of rotatable bonds is 6. The van der Waals surface area contributed by atoms with Gasteiger partial charge < -0.3 is 9.47 Å². The summed E-state index contributed by atoms with van der Waals surface area (Å²) in [6.45, 7) is 12.9. The maximum absolute atomic E-state index is 6.08. The molecule has 0 fully saturated rings. The van der Waals surface area contributed by atoms with Crippen molar-refractivity contribution in [3.63, 3.8) is 0 Å². The monoisotopic (exact) mass is 464 g/mol. The van der Waals surface area contributed by atoms with Gasteiger partial charge in [0, 0.05) is 0 Å². The minimum Gasteiger partial charge on any atom is -0.488 e. The molecule has 0 aliphatic rings. The number of ether oxygens (including phenoxy) is 2. The van der Waals surface area contributed by atoms with E-state index in [1.807, 2.05) is 36.4 Å². The summed E-state index contributed by atoms with van der Waals surface area (Å²) in [6.07, 6.45) is 0.916. The molecule has 0 aliphatic carbocycles. The van der Waals surface area contributed by atoms with Crippen LogP contribution in [0.5, 0.6) is 17.2 Å². The van der Waals surface area contributed by atoms with Crippen LogP contribution in [-0.4, -0.2) is 5.60 Å². The van der Waals surface area contributed by atoms with Crippen LogP contribution in [0.25, 0.3) is 11.1 Å². The summed E-state index contributed by atoms with van der Waals surface area (Å²) in [5.74, 6) is 2.55. The predicted molar refractivity (Wildman–Crippen MR) is 147 cm³/mol. The molecule has 2 nitrogen and oxygen atoms in total. The molecule has 0 atom stereocenters. The number of hydrogen-bond donors (Lipinski definition) is 0. The molecule has 0 heterocycles. The lowest BCUT2D eigenvalue weighted by Gasteiger charge is -2.21. The average Bonchev–Trinajstić information content (AvgIpc) is 2.80. The van der Waals surface area contributed by atoms with Gasteiger partial charge in [-0.3, -0.25) is 0 Å². The highest BCUT2D eigenvalue weighted by atomic mass is 16.5. The topological polar surface area (TPSA) is 18.5 Å². The molecule has 0 aliphatic heterocycles. The fourth-order valence-electron chi connectivity index (χ4n) is 3.95. The van der Waals surface area contributed by atoms with E-state index in [0.29, 0.717) is 0 Å². The second kappa shape index (κ2) is 10.00. The summed E-state index contributed by atoms with van der Waals surface area (Å²) in [6, 6.07) is 33.7. The van der Waals surface area contributed by atoms with Crippen LogP contribution in [0.1, 0.15) is 58.2 Å². The van der Waals surface area contributed by atoms with E-state index in [4.69, 9.17) is 9.47 Å². The van der Waals surface area contributed by atoms with E-state index >= 15 is 0 Å². The van der Waals surface area contributed by atoms with Crippen LogP contribution in [0.3, 0.4) is 0 Å². The summed E-state index contributed by atoms with van der Waals surface area (Å²) in [5, 5.41) is 0. The summed E-state index contributed by atoms with van der Waals surface area (Å²) < 4.78 is 12.0. The Morgan fingerprint density at radius 3 is 1.31 bits per heavy atom. The summed E-state index contributed by atoms with van der Waals surface area (Å²) in [5.41, 5.74) is 6.24. The zero-order valence-corrected chi connectivity index (χ0v) is 21.8. The van der Waals surface area contributed by atoms with Crippen molar-refractivity contribution in [3.8, 4) is 28.4 Å². The third-order valence-corrected chi connectivity index (χ3v) is 5.85. The number of benzene rings is 4. The maximum Gasteiger partial charge on any atom is 0.127 e. The molecule has 0 saturated carbocycles.